The number of carbonyl (C=O) groups is 1. The minimum absolute atomic E-state index is 0.0831. The van der Waals surface area contributed by atoms with Crippen LogP contribution in [0.5, 0.6) is 5.75 Å². The van der Waals surface area contributed by atoms with E-state index in [2.05, 4.69) is 20.9 Å². The van der Waals surface area contributed by atoms with Crippen molar-refractivity contribution in [2.24, 2.45) is 4.99 Å². The van der Waals surface area contributed by atoms with E-state index in [1.165, 1.54) is 23.9 Å². The zero-order chi connectivity index (χ0) is 23.3. The fraction of sp³-hybridized carbons (Fsp3) is 0.261. The number of nitrogens with zero attached hydrogens (tertiary/aromatic N) is 4. The third kappa shape index (κ3) is 5.82. The molecule has 2 aromatic carbocycles. The lowest BCUT2D eigenvalue weighted by molar-refractivity contribution is -0.113. The molecule has 0 atom stereocenters. The minimum Gasteiger partial charge on any atom is -0.379 e. The Balaban J connectivity index is 1.36. The lowest BCUT2D eigenvalue weighted by atomic mass is 10.2. The Labute approximate surface area is 197 Å². The quantitative estimate of drug-likeness (QED) is 0.457. The van der Waals surface area contributed by atoms with E-state index in [1.54, 1.807) is 48.5 Å². The smallest absolute Gasteiger partial charge is 0.339 e. The molecule has 0 radical (unpaired) electrons. The van der Waals surface area contributed by atoms with Crippen LogP contribution in [0.1, 0.15) is 12.0 Å². The molecule has 0 spiro atoms. The summed E-state index contributed by atoms with van der Waals surface area (Å²) in [4.78, 5) is 21.5. The number of aliphatic imine (C=N–C) groups is 1. The topological polar surface area (TPSA) is 103 Å². The van der Waals surface area contributed by atoms with Gasteiger partial charge in [-0.2, -0.15) is 18.7 Å². The first-order chi connectivity index (χ1) is 15.9. The van der Waals surface area contributed by atoms with E-state index in [0.717, 1.165) is 38.3 Å². The van der Waals surface area contributed by atoms with Crippen LogP contribution in [0.4, 0.5) is 0 Å². The summed E-state index contributed by atoms with van der Waals surface area (Å²) in [7, 11) is -3.90. The van der Waals surface area contributed by atoms with Crippen LogP contribution in [0, 0.1) is 11.3 Å². The molecule has 1 fully saturated rings. The van der Waals surface area contributed by atoms with Gasteiger partial charge in [0.1, 0.15) is 10.6 Å². The number of hydrogen-bond donors (Lipinski definition) is 0. The predicted octanol–water partition coefficient (Wildman–Crippen LogP) is 2.96. The van der Waals surface area contributed by atoms with Crippen molar-refractivity contribution in [3.05, 3.63) is 65.1 Å². The average molecular weight is 483 g/mol. The fourth-order valence-electron chi connectivity index (χ4n) is 3.44. The van der Waals surface area contributed by atoms with Crippen molar-refractivity contribution < 1.29 is 17.4 Å². The van der Waals surface area contributed by atoms with Gasteiger partial charge in [0.2, 0.25) is 0 Å². The fourth-order valence-corrected chi connectivity index (χ4v) is 5.35. The number of carbonyl (C=O) groups excluding carboxylic acids is 1. The standard InChI is InChI=1S/C23H22N4O4S2/c24-11-4-12-26-13-15-27(16-14-26)23-25-22(28)21(32-23)17-18-7-9-19(10-8-18)31-33(29,30)20-5-2-1-3-6-20/h1-3,5-10,17H,4,12-16H2. The number of amides is 1. The van der Waals surface area contributed by atoms with Crippen LogP contribution < -0.4 is 4.18 Å². The highest BCUT2D eigenvalue weighted by Crippen LogP contribution is 2.31. The Morgan fingerprint density at radius 2 is 1.76 bits per heavy atom. The Morgan fingerprint density at radius 3 is 2.42 bits per heavy atom. The summed E-state index contributed by atoms with van der Waals surface area (Å²) in [5.41, 5.74) is 0.744. The second kappa shape index (κ2) is 10.2. The number of thioether (sulfide) groups is 1. The van der Waals surface area contributed by atoms with Gasteiger partial charge in [0.25, 0.3) is 5.91 Å². The highest BCUT2D eigenvalue weighted by molar-refractivity contribution is 8.18. The zero-order valence-corrected chi connectivity index (χ0v) is 19.4. The molecule has 33 heavy (non-hydrogen) atoms. The molecule has 10 heteroatoms. The lowest BCUT2D eigenvalue weighted by Crippen LogP contribution is -2.47. The second-order valence-corrected chi connectivity index (χ2v) is 10.0. The largest absolute Gasteiger partial charge is 0.379 e. The molecule has 1 amide bonds. The molecular formula is C23H22N4O4S2. The molecule has 8 nitrogen and oxygen atoms in total. The van der Waals surface area contributed by atoms with Crippen LogP contribution in [-0.4, -0.2) is 62.0 Å². The monoisotopic (exact) mass is 482 g/mol. The maximum absolute atomic E-state index is 12.4. The molecule has 0 N–H and O–H groups in total. The molecule has 4 rings (SSSR count). The Bertz CT molecular complexity index is 1210. The molecule has 2 heterocycles. The van der Waals surface area contributed by atoms with Crippen LogP contribution in [0.3, 0.4) is 0 Å². The van der Waals surface area contributed by atoms with E-state index >= 15 is 0 Å². The average Bonchev–Trinajstić information content (AvgIpc) is 3.19. The summed E-state index contributed by atoms with van der Waals surface area (Å²) >= 11 is 1.34. The number of rotatable bonds is 6. The SMILES string of the molecule is N#CCCN1CCN(C2=NC(=O)C(=Cc3ccc(OS(=O)(=O)c4ccccc4)cc3)S2)CC1. The van der Waals surface area contributed by atoms with Gasteiger partial charge < -0.3 is 9.08 Å². The molecular weight excluding hydrogens is 460 g/mol. The van der Waals surface area contributed by atoms with Gasteiger partial charge >= 0.3 is 10.1 Å². The number of amidine groups is 1. The van der Waals surface area contributed by atoms with Gasteiger partial charge in [0, 0.05) is 39.1 Å². The summed E-state index contributed by atoms with van der Waals surface area (Å²) < 4.78 is 29.9. The molecule has 0 unspecified atom stereocenters. The highest BCUT2D eigenvalue weighted by atomic mass is 32.2. The summed E-state index contributed by atoms with van der Waals surface area (Å²) in [5.74, 6) is -0.0912. The minimum atomic E-state index is -3.90. The normalized spacial score (nSPS) is 18.3. The van der Waals surface area contributed by atoms with Crippen molar-refractivity contribution >= 4 is 39.0 Å². The molecule has 0 aliphatic carbocycles. The Hall–Kier alpha value is -3.13. The zero-order valence-electron chi connectivity index (χ0n) is 17.8. The third-order valence-electron chi connectivity index (χ3n) is 5.21. The first kappa shape index (κ1) is 23.0. The van der Waals surface area contributed by atoms with Crippen molar-refractivity contribution in [2.75, 3.05) is 32.7 Å². The summed E-state index contributed by atoms with van der Waals surface area (Å²) in [6.07, 6.45) is 2.26. The Kier molecular flexibility index (Phi) is 7.13. The predicted molar refractivity (Wildman–Crippen MR) is 127 cm³/mol. The molecule has 0 aromatic heterocycles. The van der Waals surface area contributed by atoms with Gasteiger partial charge in [-0.3, -0.25) is 9.69 Å². The maximum atomic E-state index is 12.4. The molecule has 0 saturated carbocycles. The summed E-state index contributed by atoms with van der Waals surface area (Å²) in [6, 6.07) is 16.6. The van der Waals surface area contributed by atoms with E-state index in [1.807, 2.05) is 0 Å². The third-order valence-corrected chi connectivity index (χ3v) is 7.51. The van der Waals surface area contributed by atoms with Crippen molar-refractivity contribution in [3.8, 4) is 11.8 Å². The number of hydrogen-bond acceptors (Lipinski definition) is 8. The Morgan fingerprint density at radius 1 is 1.06 bits per heavy atom. The number of benzene rings is 2. The second-order valence-electron chi connectivity index (χ2n) is 7.47. The van der Waals surface area contributed by atoms with Gasteiger partial charge in [0.15, 0.2) is 5.17 Å². The van der Waals surface area contributed by atoms with E-state index in [0.29, 0.717) is 16.5 Å². The van der Waals surface area contributed by atoms with Crippen molar-refractivity contribution in [3.63, 3.8) is 0 Å². The molecule has 170 valence electrons. The van der Waals surface area contributed by atoms with Crippen LogP contribution in [0.2, 0.25) is 0 Å². The molecule has 2 aromatic rings. The number of piperazine rings is 1. The van der Waals surface area contributed by atoms with Crippen LogP contribution in [-0.2, 0) is 14.9 Å². The first-order valence-corrected chi connectivity index (χ1v) is 12.6. The van der Waals surface area contributed by atoms with Crippen LogP contribution >= 0.6 is 11.8 Å². The highest BCUT2D eigenvalue weighted by Gasteiger charge is 2.28. The summed E-state index contributed by atoms with van der Waals surface area (Å²) in [5, 5.41) is 9.42. The first-order valence-electron chi connectivity index (χ1n) is 10.4. The number of nitriles is 1. The van der Waals surface area contributed by atoms with Crippen LogP contribution in [0.25, 0.3) is 6.08 Å². The lowest BCUT2D eigenvalue weighted by Gasteiger charge is -2.34. The van der Waals surface area contributed by atoms with Crippen molar-refractivity contribution in [2.45, 2.75) is 11.3 Å². The van der Waals surface area contributed by atoms with Crippen molar-refractivity contribution in [1.29, 1.82) is 5.26 Å². The van der Waals surface area contributed by atoms with Gasteiger partial charge in [-0.25, -0.2) is 0 Å². The van der Waals surface area contributed by atoms with Gasteiger partial charge in [-0.1, -0.05) is 30.3 Å². The van der Waals surface area contributed by atoms with E-state index in [9.17, 15) is 13.2 Å². The molecule has 0 bridgehead atoms. The van der Waals surface area contributed by atoms with E-state index in [-0.39, 0.29) is 16.6 Å². The van der Waals surface area contributed by atoms with Gasteiger partial charge in [-0.05, 0) is 47.7 Å². The van der Waals surface area contributed by atoms with E-state index < -0.39 is 10.1 Å². The molecule has 2 aliphatic heterocycles. The van der Waals surface area contributed by atoms with Crippen LogP contribution in [0.15, 0.2) is 69.4 Å². The maximum Gasteiger partial charge on any atom is 0.339 e. The van der Waals surface area contributed by atoms with Gasteiger partial charge in [0.05, 0.1) is 11.0 Å². The van der Waals surface area contributed by atoms with Gasteiger partial charge in [-0.15, -0.1) is 0 Å². The summed E-state index contributed by atoms with van der Waals surface area (Å²) in [6.45, 7) is 3.96. The molecule has 1 saturated heterocycles. The van der Waals surface area contributed by atoms with Crippen molar-refractivity contribution in [1.82, 2.24) is 9.80 Å². The molecule has 2 aliphatic rings. The van der Waals surface area contributed by atoms with E-state index in [4.69, 9.17) is 9.44 Å².